The normalized spacial score (nSPS) is 14.9. The van der Waals surface area contributed by atoms with E-state index in [9.17, 15) is 14.4 Å². The van der Waals surface area contributed by atoms with Crippen LogP contribution in [0, 0.1) is 0 Å². The summed E-state index contributed by atoms with van der Waals surface area (Å²) in [7, 11) is 1.60. The number of amides is 1. The van der Waals surface area contributed by atoms with E-state index in [1.54, 1.807) is 25.4 Å². The van der Waals surface area contributed by atoms with Crippen LogP contribution in [-0.2, 0) is 13.1 Å². The molecule has 1 aromatic carbocycles. The van der Waals surface area contributed by atoms with Crippen LogP contribution in [0.4, 0.5) is 5.13 Å². The van der Waals surface area contributed by atoms with Crippen molar-refractivity contribution in [3.8, 4) is 0 Å². The van der Waals surface area contributed by atoms with Gasteiger partial charge in [0.05, 0.1) is 10.9 Å². The summed E-state index contributed by atoms with van der Waals surface area (Å²) in [5, 5.41) is 5.77. The van der Waals surface area contributed by atoms with Gasteiger partial charge in [-0.25, -0.2) is 9.78 Å². The lowest BCUT2D eigenvalue weighted by Gasteiger charge is -2.34. The van der Waals surface area contributed by atoms with E-state index >= 15 is 0 Å². The Balaban J connectivity index is 1.43. The van der Waals surface area contributed by atoms with Gasteiger partial charge in [0.15, 0.2) is 5.13 Å². The molecule has 158 valence electrons. The van der Waals surface area contributed by atoms with Crippen LogP contribution >= 0.6 is 11.3 Å². The Kier molecular flexibility index (Phi) is 5.69. The third-order valence-corrected chi connectivity index (χ3v) is 6.26. The lowest BCUT2D eigenvalue weighted by Crippen LogP contribution is -2.46. The number of aromatic amines is 1. The predicted molar refractivity (Wildman–Crippen MR) is 117 cm³/mol. The molecule has 3 heterocycles. The number of benzene rings is 1. The average Bonchev–Trinajstić information content (AvgIpc) is 3.24. The third-order valence-electron chi connectivity index (χ3n) is 5.36. The molecule has 1 amide bonds. The van der Waals surface area contributed by atoms with Crippen LogP contribution in [0.2, 0.25) is 0 Å². The third kappa shape index (κ3) is 3.88. The van der Waals surface area contributed by atoms with Crippen molar-refractivity contribution < 1.29 is 4.79 Å². The molecule has 30 heavy (non-hydrogen) atoms. The Morgan fingerprint density at radius 2 is 2.00 bits per heavy atom. The van der Waals surface area contributed by atoms with Gasteiger partial charge in [-0.1, -0.05) is 6.07 Å². The molecule has 10 heteroatoms. The number of carbonyl (C=O) groups is 1. The number of hydrogen-bond acceptors (Lipinski definition) is 7. The molecular weight excluding hydrogens is 404 g/mol. The number of rotatable bonds is 5. The number of piperazine rings is 1. The molecule has 1 aliphatic heterocycles. The fourth-order valence-electron chi connectivity index (χ4n) is 3.68. The summed E-state index contributed by atoms with van der Waals surface area (Å²) >= 11 is 1.48. The molecule has 0 unspecified atom stereocenters. The molecule has 0 radical (unpaired) electrons. The summed E-state index contributed by atoms with van der Waals surface area (Å²) in [5.74, 6) is -0.170. The first-order valence-corrected chi connectivity index (χ1v) is 10.8. The van der Waals surface area contributed by atoms with Gasteiger partial charge in [0.25, 0.3) is 11.5 Å². The van der Waals surface area contributed by atoms with Crippen molar-refractivity contribution in [1.82, 2.24) is 24.8 Å². The highest BCUT2D eigenvalue weighted by Crippen LogP contribution is 2.22. The molecule has 1 aliphatic rings. The number of nitrogens with zero attached hydrogens (tertiary/aromatic N) is 4. The fourth-order valence-corrected chi connectivity index (χ4v) is 4.54. The molecule has 2 N–H and O–H groups in total. The first kappa shape index (κ1) is 20.3. The molecule has 9 nitrogen and oxygen atoms in total. The van der Waals surface area contributed by atoms with Gasteiger partial charge in [-0.05, 0) is 24.6 Å². The van der Waals surface area contributed by atoms with E-state index < -0.39 is 0 Å². The zero-order valence-electron chi connectivity index (χ0n) is 17.0. The topological polar surface area (TPSA) is 103 Å². The monoisotopic (exact) mass is 428 g/mol. The van der Waals surface area contributed by atoms with Gasteiger partial charge < -0.3 is 15.2 Å². The van der Waals surface area contributed by atoms with Crippen LogP contribution in [0.1, 0.15) is 23.0 Å². The van der Waals surface area contributed by atoms with Gasteiger partial charge in [-0.15, -0.1) is 11.3 Å². The average molecular weight is 429 g/mol. The van der Waals surface area contributed by atoms with E-state index in [1.165, 1.54) is 15.9 Å². The maximum absolute atomic E-state index is 12.4. The van der Waals surface area contributed by atoms with Crippen LogP contribution in [0.15, 0.2) is 33.2 Å². The van der Waals surface area contributed by atoms with E-state index in [-0.39, 0.29) is 17.2 Å². The Morgan fingerprint density at radius 3 is 2.70 bits per heavy atom. The molecule has 4 rings (SSSR count). The van der Waals surface area contributed by atoms with Gasteiger partial charge in [0.1, 0.15) is 5.69 Å². The Bertz CT molecular complexity index is 1190. The second-order valence-corrected chi connectivity index (χ2v) is 8.05. The van der Waals surface area contributed by atoms with E-state index in [4.69, 9.17) is 0 Å². The van der Waals surface area contributed by atoms with Crippen molar-refractivity contribution in [3.63, 3.8) is 0 Å². The Hall–Kier alpha value is -2.98. The maximum atomic E-state index is 12.4. The van der Waals surface area contributed by atoms with Crippen LogP contribution in [0.25, 0.3) is 10.9 Å². The van der Waals surface area contributed by atoms with Crippen molar-refractivity contribution in [3.05, 3.63) is 55.7 Å². The standard InChI is InChI=1S/C20H24N6O3S/c1-3-26-18(28)14-5-4-13(10-15(14)22-19(26)29)11-24-6-8-25(9-7-24)20-23-16(12-30-20)17(27)21-2/h4-5,10,12H,3,6-9,11H2,1-2H3,(H,21,27)(H,22,29). The summed E-state index contributed by atoms with van der Waals surface area (Å²) in [6.07, 6.45) is 0. The lowest BCUT2D eigenvalue weighted by molar-refractivity contribution is 0.0959. The van der Waals surface area contributed by atoms with E-state index in [2.05, 4.69) is 25.1 Å². The summed E-state index contributed by atoms with van der Waals surface area (Å²) in [6.45, 7) is 6.24. The highest BCUT2D eigenvalue weighted by molar-refractivity contribution is 7.13. The fraction of sp³-hybridized carbons (Fsp3) is 0.400. The van der Waals surface area contributed by atoms with Gasteiger partial charge in [0.2, 0.25) is 0 Å². The molecular formula is C20H24N6O3S. The van der Waals surface area contributed by atoms with Crippen molar-refractivity contribution >= 4 is 33.3 Å². The second kappa shape index (κ2) is 8.41. The van der Waals surface area contributed by atoms with Crippen LogP contribution in [0.3, 0.4) is 0 Å². The van der Waals surface area contributed by atoms with E-state index in [0.717, 1.165) is 43.4 Å². The van der Waals surface area contributed by atoms with E-state index in [0.29, 0.717) is 23.1 Å². The highest BCUT2D eigenvalue weighted by atomic mass is 32.1. The summed E-state index contributed by atoms with van der Waals surface area (Å²) in [4.78, 5) is 48.0. The first-order chi connectivity index (χ1) is 14.5. The number of H-pyrrole nitrogens is 1. The van der Waals surface area contributed by atoms with Crippen LogP contribution < -0.4 is 21.5 Å². The van der Waals surface area contributed by atoms with E-state index in [1.807, 2.05) is 12.1 Å². The molecule has 0 atom stereocenters. The molecule has 0 bridgehead atoms. The Morgan fingerprint density at radius 1 is 1.23 bits per heavy atom. The number of hydrogen-bond donors (Lipinski definition) is 2. The van der Waals surface area contributed by atoms with Gasteiger partial charge in [-0.2, -0.15) is 0 Å². The molecule has 1 saturated heterocycles. The minimum atomic E-state index is -0.375. The van der Waals surface area contributed by atoms with Crippen LogP contribution in [-0.4, -0.2) is 58.6 Å². The number of nitrogens with one attached hydrogen (secondary N) is 2. The van der Waals surface area contributed by atoms with Crippen LogP contribution in [0.5, 0.6) is 0 Å². The van der Waals surface area contributed by atoms with Gasteiger partial charge >= 0.3 is 5.69 Å². The van der Waals surface area contributed by atoms with Crippen molar-refractivity contribution in [2.45, 2.75) is 20.0 Å². The summed E-state index contributed by atoms with van der Waals surface area (Å²) in [6, 6.07) is 5.63. The SMILES string of the molecule is CCn1c(=O)[nH]c2cc(CN3CCN(c4nc(C(=O)NC)cs4)CC3)ccc2c1=O. The second-order valence-electron chi connectivity index (χ2n) is 7.22. The smallest absolute Gasteiger partial charge is 0.328 e. The van der Waals surface area contributed by atoms with Gasteiger partial charge in [-0.3, -0.25) is 19.1 Å². The zero-order chi connectivity index (χ0) is 21.3. The predicted octanol–water partition coefficient (Wildman–Crippen LogP) is 0.848. The van der Waals surface area contributed by atoms with Crippen molar-refractivity contribution in [2.75, 3.05) is 38.1 Å². The largest absolute Gasteiger partial charge is 0.354 e. The number of carbonyl (C=O) groups excluding carboxylic acids is 1. The first-order valence-electron chi connectivity index (χ1n) is 9.90. The zero-order valence-corrected chi connectivity index (χ0v) is 17.8. The lowest BCUT2D eigenvalue weighted by atomic mass is 10.1. The Labute approximate surface area is 177 Å². The quantitative estimate of drug-likeness (QED) is 0.625. The molecule has 1 fully saturated rings. The minimum Gasteiger partial charge on any atom is -0.354 e. The highest BCUT2D eigenvalue weighted by Gasteiger charge is 2.21. The molecule has 3 aromatic rings. The molecule has 0 spiro atoms. The van der Waals surface area contributed by atoms with Crippen molar-refractivity contribution in [2.24, 2.45) is 0 Å². The van der Waals surface area contributed by atoms with Crippen molar-refractivity contribution in [1.29, 1.82) is 0 Å². The number of anilines is 1. The molecule has 2 aromatic heterocycles. The minimum absolute atomic E-state index is 0.170. The number of fused-ring (bicyclic) bond motifs is 1. The van der Waals surface area contributed by atoms with Gasteiger partial charge in [0, 0.05) is 51.7 Å². The summed E-state index contributed by atoms with van der Waals surface area (Å²) < 4.78 is 1.20. The summed E-state index contributed by atoms with van der Waals surface area (Å²) in [5.41, 5.74) is 1.45. The number of thiazole rings is 1. The maximum Gasteiger partial charge on any atom is 0.328 e. The molecule has 0 saturated carbocycles. The number of aromatic nitrogens is 3. The molecule has 0 aliphatic carbocycles.